The molecule has 1 rings (SSSR count). The van der Waals surface area contributed by atoms with Crippen LogP contribution in [0.15, 0.2) is 23.2 Å². The molecule has 0 saturated heterocycles. The van der Waals surface area contributed by atoms with Gasteiger partial charge in [-0.15, -0.1) is 24.0 Å². The van der Waals surface area contributed by atoms with Crippen LogP contribution in [-0.2, 0) is 6.54 Å². The van der Waals surface area contributed by atoms with Gasteiger partial charge in [0.15, 0.2) is 5.96 Å². The molecule has 2 N–H and O–H groups in total. The highest BCUT2D eigenvalue weighted by molar-refractivity contribution is 14.0. The monoisotopic (exact) mass is 480 g/mol. The van der Waals surface area contributed by atoms with Crippen molar-refractivity contribution in [3.8, 4) is 0 Å². The van der Waals surface area contributed by atoms with E-state index in [4.69, 9.17) is 0 Å². The largest absolute Gasteiger partial charge is 0.401 e. The zero-order valence-corrected chi connectivity index (χ0v) is 16.3. The summed E-state index contributed by atoms with van der Waals surface area (Å²) in [7, 11) is 1.36. The van der Waals surface area contributed by atoms with Gasteiger partial charge in [-0.1, -0.05) is 0 Å². The molecule has 1 aromatic carbocycles. The van der Waals surface area contributed by atoms with Gasteiger partial charge >= 0.3 is 6.18 Å². The maximum atomic E-state index is 13.5. The number of alkyl halides is 3. The van der Waals surface area contributed by atoms with Crippen LogP contribution in [-0.4, -0.2) is 50.3 Å². The first kappa shape index (κ1) is 23.8. The minimum Gasteiger partial charge on any atom is -0.357 e. The second-order valence-corrected chi connectivity index (χ2v) is 5.21. The van der Waals surface area contributed by atoms with Crippen molar-refractivity contribution in [2.45, 2.75) is 19.6 Å². The lowest BCUT2D eigenvalue weighted by molar-refractivity contribution is -0.142. The van der Waals surface area contributed by atoms with Gasteiger partial charge in [0.25, 0.3) is 0 Å². The number of nitrogens with one attached hydrogen (secondary N) is 2. The molecule has 144 valence electrons. The Morgan fingerprint density at radius 3 is 2.48 bits per heavy atom. The summed E-state index contributed by atoms with van der Waals surface area (Å²) in [5, 5.41) is 5.75. The number of likely N-dealkylation sites (N-methyl/N-ethyl adjacent to an activating group) is 1. The molecule has 25 heavy (non-hydrogen) atoms. The van der Waals surface area contributed by atoms with Gasteiger partial charge in [0, 0.05) is 25.2 Å². The third kappa shape index (κ3) is 10.4. The zero-order valence-electron chi connectivity index (χ0n) is 14.0. The highest BCUT2D eigenvalue weighted by atomic mass is 127. The van der Waals surface area contributed by atoms with Crippen LogP contribution >= 0.6 is 24.0 Å². The maximum absolute atomic E-state index is 13.5. The molecule has 0 aliphatic carbocycles. The average molecular weight is 480 g/mol. The van der Waals surface area contributed by atoms with Gasteiger partial charge in [0.1, 0.15) is 11.6 Å². The molecular weight excluding hydrogens is 458 g/mol. The van der Waals surface area contributed by atoms with Crippen molar-refractivity contribution in [1.82, 2.24) is 15.5 Å². The quantitative estimate of drug-likeness (QED) is 0.273. The van der Waals surface area contributed by atoms with Crippen LogP contribution in [0, 0.1) is 11.6 Å². The van der Waals surface area contributed by atoms with Crippen LogP contribution in [0.1, 0.15) is 12.5 Å². The van der Waals surface area contributed by atoms with E-state index in [2.05, 4.69) is 15.6 Å². The summed E-state index contributed by atoms with van der Waals surface area (Å²) in [4.78, 5) is 5.23. The van der Waals surface area contributed by atoms with Crippen LogP contribution in [0.25, 0.3) is 0 Å². The second-order valence-electron chi connectivity index (χ2n) is 5.21. The Kier molecular flexibility index (Phi) is 10.9. The molecule has 0 heterocycles. The highest BCUT2D eigenvalue weighted by Gasteiger charge is 2.28. The maximum Gasteiger partial charge on any atom is 0.401 e. The first-order chi connectivity index (χ1) is 11.2. The molecule has 1 aromatic rings. The summed E-state index contributed by atoms with van der Waals surface area (Å²) in [5.74, 6) is -0.809. The molecule has 0 spiro atoms. The fourth-order valence-corrected chi connectivity index (χ4v) is 1.92. The number of hydrogen-bond donors (Lipinski definition) is 2. The molecule has 0 aliphatic rings. The number of benzene rings is 1. The molecule has 4 nitrogen and oxygen atoms in total. The molecule has 0 atom stereocenters. The third-order valence-corrected chi connectivity index (χ3v) is 2.99. The molecular formula is C15H22F5IN4. The van der Waals surface area contributed by atoms with Crippen molar-refractivity contribution in [1.29, 1.82) is 0 Å². The number of hydrogen-bond acceptors (Lipinski definition) is 2. The minimum atomic E-state index is -4.25. The Hall–Kier alpha value is -1.17. The molecule has 0 aromatic heterocycles. The van der Waals surface area contributed by atoms with Gasteiger partial charge < -0.3 is 10.6 Å². The van der Waals surface area contributed by atoms with Crippen LogP contribution in [0.4, 0.5) is 22.0 Å². The number of halogens is 6. The van der Waals surface area contributed by atoms with Gasteiger partial charge in [-0.05, 0) is 32.2 Å². The lowest BCUT2D eigenvalue weighted by Crippen LogP contribution is -2.42. The van der Waals surface area contributed by atoms with Crippen LogP contribution < -0.4 is 10.6 Å². The summed E-state index contributed by atoms with van der Waals surface area (Å²) < 4.78 is 63.3. The number of rotatable bonds is 7. The van der Waals surface area contributed by atoms with E-state index in [0.717, 1.165) is 23.1 Å². The van der Waals surface area contributed by atoms with Gasteiger partial charge in [-0.2, -0.15) is 13.2 Å². The summed E-state index contributed by atoms with van der Waals surface area (Å²) in [6.45, 7) is 1.63. The molecule has 0 unspecified atom stereocenters. The fraction of sp³-hybridized carbons (Fsp3) is 0.533. The normalized spacial score (nSPS) is 12.1. The van der Waals surface area contributed by atoms with E-state index in [1.807, 2.05) is 6.92 Å². The second kappa shape index (κ2) is 11.4. The van der Waals surface area contributed by atoms with E-state index >= 15 is 0 Å². The van der Waals surface area contributed by atoms with Crippen LogP contribution in [0.3, 0.4) is 0 Å². The highest BCUT2D eigenvalue weighted by Crippen LogP contribution is 2.15. The first-order valence-corrected chi connectivity index (χ1v) is 7.42. The summed E-state index contributed by atoms with van der Waals surface area (Å²) in [6.07, 6.45) is -4.25. The van der Waals surface area contributed by atoms with Crippen molar-refractivity contribution in [2.75, 3.05) is 33.2 Å². The predicted molar refractivity (Wildman–Crippen MR) is 98.1 cm³/mol. The molecule has 0 bridgehead atoms. The summed E-state index contributed by atoms with van der Waals surface area (Å²) >= 11 is 0. The van der Waals surface area contributed by atoms with Gasteiger partial charge in [0.2, 0.25) is 0 Å². The Labute approximate surface area is 160 Å². The van der Waals surface area contributed by atoms with E-state index in [-0.39, 0.29) is 49.2 Å². The average Bonchev–Trinajstić information content (AvgIpc) is 2.46. The van der Waals surface area contributed by atoms with Crippen molar-refractivity contribution in [3.05, 3.63) is 35.4 Å². The number of nitrogens with zero attached hydrogens (tertiary/aromatic N) is 2. The summed E-state index contributed by atoms with van der Waals surface area (Å²) in [5.41, 5.74) is 0.0985. The van der Waals surface area contributed by atoms with Gasteiger partial charge in [-0.25, -0.2) is 13.8 Å². The minimum absolute atomic E-state index is 0. The van der Waals surface area contributed by atoms with E-state index in [0.29, 0.717) is 12.5 Å². The molecule has 0 amide bonds. The molecule has 0 fully saturated rings. The van der Waals surface area contributed by atoms with Crippen molar-refractivity contribution >= 4 is 29.9 Å². The standard InChI is InChI=1S/C15H21F5N4.HI/c1-3-21-14(22-6-7-24(2)10-15(18,19)20)23-9-11-8-12(16)4-5-13(11)17;/h4-5,8H,3,6-7,9-10H2,1-2H3,(H2,21,22,23);1H. The Morgan fingerprint density at radius 2 is 1.88 bits per heavy atom. The van der Waals surface area contributed by atoms with Gasteiger partial charge in [0.05, 0.1) is 13.1 Å². The smallest absolute Gasteiger partial charge is 0.357 e. The Bertz CT molecular complexity index is 551. The topological polar surface area (TPSA) is 39.7 Å². The zero-order chi connectivity index (χ0) is 18.2. The summed E-state index contributed by atoms with van der Waals surface area (Å²) in [6, 6.07) is 3.09. The molecule has 0 radical (unpaired) electrons. The lowest BCUT2D eigenvalue weighted by atomic mass is 10.2. The van der Waals surface area contributed by atoms with Crippen molar-refractivity contribution < 1.29 is 22.0 Å². The van der Waals surface area contributed by atoms with E-state index in [1.54, 1.807) is 0 Å². The molecule has 0 aliphatic heterocycles. The Balaban J connectivity index is 0.00000576. The van der Waals surface area contributed by atoms with Crippen LogP contribution in [0.2, 0.25) is 0 Å². The molecule has 0 saturated carbocycles. The van der Waals surface area contributed by atoms with Crippen LogP contribution in [0.5, 0.6) is 0 Å². The fourth-order valence-electron chi connectivity index (χ4n) is 1.92. The predicted octanol–water partition coefficient (Wildman–Crippen LogP) is 3.13. The SMILES string of the molecule is CCNC(=NCc1cc(F)ccc1F)NCCN(C)CC(F)(F)F.I. The van der Waals surface area contributed by atoms with E-state index in [9.17, 15) is 22.0 Å². The molecule has 10 heteroatoms. The van der Waals surface area contributed by atoms with Gasteiger partial charge in [-0.3, -0.25) is 4.90 Å². The first-order valence-electron chi connectivity index (χ1n) is 7.42. The number of guanidine groups is 1. The van der Waals surface area contributed by atoms with E-state index in [1.165, 1.54) is 7.05 Å². The van der Waals surface area contributed by atoms with E-state index < -0.39 is 24.4 Å². The van der Waals surface area contributed by atoms with Crippen molar-refractivity contribution in [3.63, 3.8) is 0 Å². The third-order valence-electron chi connectivity index (χ3n) is 2.99. The Morgan fingerprint density at radius 1 is 1.20 bits per heavy atom. The number of aliphatic imine (C=N–C) groups is 1. The van der Waals surface area contributed by atoms with Crippen molar-refractivity contribution in [2.24, 2.45) is 4.99 Å². The lowest BCUT2D eigenvalue weighted by Gasteiger charge is -2.19.